The highest BCUT2D eigenvalue weighted by atomic mass is 16.5. The summed E-state index contributed by atoms with van der Waals surface area (Å²) in [5.41, 5.74) is 0. The molecule has 0 aromatic carbocycles. The molecule has 2 aliphatic heterocycles. The van der Waals surface area contributed by atoms with Crippen molar-refractivity contribution in [1.29, 1.82) is 0 Å². The first-order valence-corrected chi connectivity index (χ1v) is 4.95. The lowest BCUT2D eigenvalue weighted by atomic mass is 10.0. The van der Waals surface area contributed by atoms with Gasteiger partial charge in [-0.25, -0.2) is 0 Å². The minimum absolute atomic E-state index is 0.278. The Morgan fingerprint density at radius 3 is 2.69 bits per heavy atom. The molecule has 0 radical (unpaired) electrons. The Bertz CT molecular complexity index is 186. The summed E-state index contributed by atoms with van der Waals surface area (Å²) in [6.45, 7) is 4.01. The lowest BCUT2D eigenvalue weighted by Crippen LogP contribution is -2.48. The van der Waals surface area contributed by atoms with Crippen LogP contribution >= 0.6 is 0 Å². The summed E-state index contributed by atoms with van der Waals surface area (Å²) in [7, 11) is 0. The van der Waals surface area contributed by atoms with Crippen LogP contribution in [-0.2, 0) is 9.53 Å². The van der Waals surface area contributed by atoms with Crippen LogP contribution in [0.4, 0.5) is 0 Å². The van der Waals surface area contributed by atoms with Crippen LogP contribution in [-0.4, -0.2) is 49.7 Å². The summed E-state index contributed by atoms with van der Waals surface area (Å²) in [6, 6.07) is 0.440. The molecule has 1 N–H and O–H groups in total. The predicted molar refractivity (Wildman–Crippen MR) is 48.4 cm³/mol. The fourth-order valence-corrected chi connectivity index (χ4v) is 1.68. The smallest absolute Gasteiger partial charge is 0.224 e. The number of amides is 1. The number of nitrogens with zero attached hydrogens (tertiary/aromatic N) is 1. The van der Waals surface area contributed by atoms with E-state index in [0.29, 0.717) is 25.7 Å². The highest BCUT2D eigenvalue weighted by Crippen LogP contribution is 2.09. The van der Waals surface area contributed by atoms with Crippen molar-refractivity contribution in [2.24, 2.45) is 0 Å². The predicted octanol–water partition coefficient (Wildman–Crippen LogP) is -0.403. The van der Waals surface area contributed by atoms with Gasteiger partial charge in [0.1, 0.15) is 0 Å². The number of hydrogen-bond donors (Lipinski definition) is 1. The fourth-order valence-electron chi connectivity index (χ4n) is 1.68. The van der Waals surface area contributed by atoms with E-state index in [0.717, 1.165) is 26.1 Å². The quantitative estimate of drug-likeness (QED) is 0.634. The highest BCUT2D eigenvalue weighted by Gasteiger charge is 2.23. The summed E-state index contributed by atoms with van der Waals surface area (Å²) in [5, 5.41) is 3.24. The Balaban J connectivity index is 1.74. The Hall–Kier alpha value is -0.610. The monoisotopic (exact) mass is 184 g/mol. The van der Waals surface area contributed by atoms with Crippen LogP contribution in [0.25, 0.3) is 0 Å². The van der Waals surface area contributed by atoms with Gasteiger partial charge in [0.15, 0.2) is 0 Å². The van der Waals surface area contributed by atoms with Gasteiger partial charge in [0.25, 0.3) is 0 Å². The van der Waals surface area contributed by atoms with E-state index in [1.54, 1.807) is 0 Å². The molecule has 2 saturated heterocycles. The number of nitrogens with one attached hydrogen (secondary N) is 1. The van der Waals surface area contributed by atoms with Gasteiger partial charge in [0.2, 0.25) is 5.91 Å². The van der Waals surface area contributed by atoms with Crippen LogP contribution in [0.3, 0.4) is 0 Å². The number of ether oxygens (including phenoxy) is 1. The van der Waals surface area contributed by atoms with E-state index < -0.39 is 0 Å². The molecule has 13 heavy (non-hydrogen) atoms. The zero-order valence-electron chi connectivity index (χ0n) is 7.79. The maximum Gasteiger partial charge on any atom is 0.224 e. The first kappa shape index (κ1) is 8.97. The molecule has 74 valence electrons. The van der Waals surface area contributed by atoms with Gasteiger partial charge < -0.3 is 15.0 Å². The Morgan fingerprint density at radius 2 is 2.15 bits per heavy atom. The second-order valence-electron chi connectivity index (χ2n) is 3.64. The summed E-state index contributed by atoms with van der Waals surface area (Å²) in [4.78, 5) is 13.5. The Morgan fingerprint density at radius 1 is 1.46 bits per heavy atom. The van der Waals surface area contributed by atoms with Gasteiger partial charge in [0, 0.05) is 25.6 Å². The molecule has 0 spiro atoms. The molecule has 0 aromatic heterocycles. The largest absolute Gasteiger partial charge is 0.378 e. The third-order valence-corrected chi connectivity index (χ3v) is 2.71. The minimum atomic E-state index is 0.278. The van der Waals surface area contributed by atoms with E-state index in [1.165, 1.54) is 0 Å². The van der Waals surface area contributed by atoms with Crippen LogP contribution in [0, 0.1) is 0 Å². The molecule has 0 aromatic rings. The van der Waals surface area contributed by atoms with Crippen molar-refractivity contribution in [2.45, 2.75) is 18.9 Å². The van der Waals surface area contributed by atoms with E-state index in [4.69, 9.17) is 4.74 Å². The molecule has 4 heteroatoms. The van der Waals surface area contributed by atoms with Gasteiger partial charge in [-0.1, -0.05) is 0 Å². The summed E-state index contributed by atoms with van der Waals surface area (Å²) in [6.07, 6.45) is 1.82. The average molecular weight is 184 g/mol. The van der Waals surface area contributed by atoms with E-state index in [2.05, 4.69) is 5.32 Å². The number of carbonyl (C=O) groups is 1. The molecule has 1 amide bonds. The molecule has 2 aliphatic rings. The van der Waals surface area contributed by atoms with Crippen molar-refractivity contribution in [3.63, 3.8) is 0 Å². The zero-order chi connectivity index (χ0) is 9.10. The van der Waals surface area contributed by atoms with Crippen LogP contribution in [0.15, 0.2) is 0 Å². The van der Waals surface area contributed by atoms with Crippen LogP contribution < -0.4 is 5.32 Å². The normalized spacial score (nSPS) is 28.3. The topological polar surface area (TPSA) is 41.6 Å². The molecular formula is C9H16N2O2. The first-order valence-electron chi connectivity index (χ1n) is 4.95. The standard InChI is InChI=1S/C9H16N2O2/c12-9(7-8-1-2-10-8)11-3-5-13-6-4-11/h8,10H,1-7H2. The highest BCUT2D eigenvalue weighted by molar-refractivity contribution is 5.77. The zero-order valence-corrected chi connectivity index (χ0v) is 7.79. The van der Waals surface area contributed by atoms with Gasteiger partial charge in [-0.05, 0) is 13.0 Å². The van der Waals surface area contributed by atoms with E-state index in [1.807, 2.05) is 4.90 Å². The van der Waals surface area contributed by atoms with Crippen molar-refractivity contribution in [3.8, 4) is 0 Å². The second-order valence-corrected chi connectivity index (χ2v) is 3.64. The first-order chi connectivity index (χ1) is 6.36. The third kappa shape index (κ3) is 2.19. The van der Waals surface area contributed by atoms with Crippen molar-refractivity contribution in [1.82, 2.24) is 10.2 Å². The summed E-state index contributed by atoms with van der Waals surface area (Å²) >= 11 is 0. The van der Waals surface area contributed by atoms with Crippen LogP contribution in [0.5, 0.6) is 0 Å². The van der Waals surface area contributed by atoms with Crippen molar-refractivity contribution in [3.05, 3.63) is 0 Å². The Kier molecular flexibility index (Phi) is 2.80. The van der Waals surface area contributed by atoms with Crippen molar-refractivity contribution in [2.75, 3.05) is 32.8 Å². The molecule has 1 atom stereocenters. The number of carbonyl (C=O) groups excluding carboxylic acids is 1. The maximum atomic E-state index is 11.6. The fraction of sp³-hybridized carbons (Fsp3) is 0.889. The average Bonchev–Trinajstić information content (AvgIpc) is 2.12. The molecular weight excluding hydrogens is 168 g/mol. The van der Waals surface area contributed by atoms with Gasteiger partial charge in [0.05, 0.1) is 13.2 Å². The molecule has 2 rings (SSSR count). The second kappa shape index (κ2) is 4.07. The molecule has 0 saturated carbocycles. The molecule has 2 fully saturated rings. The molecule has 4 nitrogen and oxygen atoms in total. The minimum Gasteiger partial charge on any atom is -0.378 e. The van der Waals surface area contributed by atoms with Crippen molar-refractivity contribution >= 4 is 5.91 Å². The van der Waals surface area contributed by atoms with E-state index in [-0.39, 0.29) is 5.91 Å². The SMILES string of the molecule is O=C(CC1CCN1)N1CCOCC1. The summed E-state index contributed by atoms with van der Waals surface area (Å²) < 4.78 is 5.19. The molecule has 2 heterocycles. The van der Waals surface area contributed by atoms with Gasteiger partial charge in [-0.15, -0.1) is 0 Å². The molecule has 0 bridgehead atoms. The van der Waals surface area contributed by atoms with Gasteiger partial charge >= 0.3 is 0 Å². The number of rotatable bonds is 2. The third-order valence-electron chi connectivity index (χ3n) is 2.71. The summed E-state index contributed by atoms with van der Waals surface area (Å²) in [5.74, 6) is 0.278. The van der Waals surface area contributed by atoms with E-state index >= 15 is 0 Å². The molecule has 0 aliphatic carbocycles. The lowest BCUT2D eigenvalue weighted by molar-refractivity contribution is -0.136. The van der Waals surface area contributed by atoms with Crippen LogP contribution in [0.1, 0.15) is 12.8 Å². The number of hydrogen-bond acceptors (Lipinski definition) is 3. The van der Waals surface area contributed by atoms with Crippen molar-refractivity contribution < 1.29 is 9.53 Å². The Labute approximate surface area is 78.2 Å². The maximum absolute atomic E-state index is 11.6. The van der Waals surface area contributed by atoms with Gasteiger partial charge in [-0.2, -0.15) is 0 Å². The van der Waals surface area contributed by atoms with E-state index in [9.17, 15) is 4.79 Å². The number of morpholine rings is 1. The van der Waals surface area contributed by atoms with Crippen LogP contribution in [0.2, 0.25) is 0 Å². The molecule has 1 unspecified atom stereocenters. The van der Waals surface area contributed by atoms with Gasteiger partial charge in [-0.3, -0.25) is 4.79 Å². The lowest BCUT2D eigenvalue weighted by Gasteiger charge is -2.32.